The first-order valence-corrected chi connectivity index (χ1v) is 11.0. The lowest BCUT2D eigenvalue weighted by Crippen LogP contribution is -2.40. The Balaban J connectivity index is 1.48. The lowest BCUT2D eigenvalue weighted by Gasteiger charge is -2.26. The molecule has 0 aromatic heterocycles. The molecule has 1 heterocycles. The summed E-state index contributed by atoms with van der Waals surface area (Å²) in [4.78, 5) is 12.4. The third-order valence-electron chi connectivity index (χ3n) is 4.82. The Kier molecular flexibility index (Phi) is 7.24. The van der Waals surface area contributed by atoms with Gasteiger partial charge in [0, 0.05) is 26.1 Å². The second-order valence-electron chi connectivity index (χ2n) is 6.79. The van der Waals surface area contributed by atoms with Crippen molar-refractivity contribution in [3.63, 3.8) is 0 Å². The molecule has 1 N–H and O–H groups in total. The number of carbonyl (C=O) groups is 1. The monoisotopic (exact) mass is 418 g/mol. The van der Waals surface area contributed by atoms with Crippen molar-refractivity contribution in [1.82, 2.24) is 9.62 Å². The second-order valence-corrected chi connectivity index (χ2v) is 8.72. The van der Waals surface area contributed by atoms with Crippen molar-refractivity contribution < 1.29 is 22.7 Å². The summed E-state index contributed by atoms with van der Waals surface area (Å²) in [6.07, 6.45) is 1.03. The molecule has 3 rings (SSSR count). The van der Waals surface area contributed by atoms with Gasteiger partial charge in [-0.3, -0.25) is 4.79 Å². The maximum Gasteiger partial charge on any atom is 0.243 e. The van der Waals surface area contributed by atoms with E-state index in [1.807, 2.05) is 24.3 Å². The van der Waals surface area contributed by atoms with Crippen molar-refractivity contribution in [2.24, 2.45) is 0 Å². The Morgan fingerprint density at radius 2 is 1.66 bits per heavy atom. The van der Waals surface area contributed by atoms with Gasteiger partial charge in [0.25, 0.3) is 0 Å². The Bertz CT molecular complexity index is 905. The minimum atomic E-state index is -3.50. The van der Waals surface area contributed by atoms with Crippen LogP contribution in [0.5, 0.6) is 5.75 Å². The first-order valence-electron chi connectivity index (χ1n) is 9.55. The van der Waals surface area contributed by atoms with Crippen LogP contribution in [0, 0.1) is 0 Å². The van der Waals surface area contributed by atoms with E-state index in [9.17, 15) is 13.2 Å². The molecule has 0 unspecified atom stereocenters. The predicted octanol–water partition coefficient (Wildman–Crippen LogP) is 1.97. The summed E-state index contributed by atoms with van der Waals surface area (Å²) >= 11 is 0. The quantitative estimate of drug-likeness (QED) is 0.709. The molecule has 0 aliphatic carbocycles. The standard InChI is InChI=1S/C21H26N2O5S/c1-27-19-7-2-17(3-8-19)6-11-21(24)22-16-18-4-9-20(10-5-18)29(25,26)23-12-14-28-15-13-23/h2-5,7-10H,6,11-16H2,1H3,(H,22,24). The smallest absolute Gasteiger partial charge is 0.243 e. The highest BCUT2D eigenvalue weighted by atomic mass is 32.2. The fraction of sp³-hybridized carbons (Fsp3) is 0.381. The molecular formula is C21H26N2O5S. The Hall–Kier alpha value is -2.42. The molecule has 2 aromatic carbocycles. The van der Waals surface area contributed by atoms with Crippen LogP contribution < -0.4 is 10.1 Å². The third-order valence-corrected chi connectivity index (χ3v) is 6.73. The lowest BCUT2D eigenvalue weighted by atomic mass is 10.1. The molecule has 1 aliphatic heterocycles. The van der Waals surface area contributed by atoms with Crippen molar-refractivity contribution in [3.8, 4) is 5.75 Å². The number of amides is 1. The fourth-order valence-electron chi connectivity index (χ4n) is 3.05. The van der Waals surface area contributed by atoms with E-state index in [4.69, 9.17) is 9.47 Å². The van der Waals surface area contributed by atoms with Crippen molar-refractivity contribution in [1.29, 1.82) is 0 Å². The number of carbonyl (C=O) groups excluding carboxylic acids is 1. The number of benzene rings is 2. The van der Waals surface area contributed by atoms with Crippen LogP contribution in [0.1, 0.15) is 17.5 Å². The molecule has 29 heavy (non-hydrogen) atoms. The van der Waals surface area contributed by atoms with Gasteiger partial charge in [0.2, 0.25) is 15.9 Å². The molecule has 1 fully saturated rings. The molecule has 1 amide bonds. The van der Waals surface area contributed by atoms with Crippen molar-refractivity contribution in [2.75, 3.05) is 33.4 Å². The predicted molar refractivity (Wildman–Crippen MR) is 109 cm³/mol. The molecule has 1 aliphatic rings. The van der Waals surface area contributed by atoms with Gasteiger partial charge in [0.05, 0.1) is 25.2 Å². The van der Waals surface area contributed by atoms with Gasteiger partial charge >= 0.3 is 0 Å². The van der Waals surface area contributed by atoms with E-state index in [1.165, 1.54) is 4.31 Å². The second kappa shape index (κ2) is 9.87. The van der Waals surface area contributed by atoms with E-state index in [-0.39, 0.29) is 10.8 Å². The van der Waals surface area contributed by atoms with Gasteiger partial charge in [-0.25, -0.2) is 8.42 Å². The van der Waals surface area contributed by atoms with Crippen LogP contribution in [0.15, 0.2) is 53.4 Å². The zero-order chi connectivity index (χ0) is 20.7. The fourth-order valence-corrected chi connectivity index (χ4v) is 4.46. The number of ether oxygens (including phenoxy) is 2. The number of morpholine rings is 1. The highest BCUT2D eigenvalue weighted by Crippen LogP contribution is 2.18. The molecule has 2 aromatic rings. The maximum atomic E-state index is 12.6. The average molecular weight is 419 g/mol. The lowest BCUT2D eigenvalue weighted by molar-refractivity contribution is -0.121. The van der Waals surface area contributed by atoms with Crippen LogP contribution in [0.3, 0.4) is 0 Å². The summed E-state index contributed by atoms with van der Waals surface area (Å²) in [7, 11) is -1.88. The van der Waals surface area contributed by atoms with Gasteiger partial charge in [0.15, 0.2) is 0 Å². The first-order chi connectivity index (χ1) is 14.0. The Morgan fingerprint density at radius 3 is 2.28 bits per heavy atom. The van der Waals surface area contributed by atoms with Gasteiger partial charge in [0.1, 0.15) is 5.75 Å². The SMILES string of the molecule is COc1ccc(CCC(=O)NCc2ccc(S(=O)(=O)N3CCOCC3)cc2)cc1. The van der Waals surface area contributed by atoms with Crippen LogP contribution in [-0.2, 0) is 32.5 Å². The van der Waals surface area contributed by atoms with E-state index in [2.05, 4.69) is 5.32 Å². The molecule has 1 saturated heterocycles. The van der Waals surface area contributed by atoms with Crippen LogP contribution in [0.4, 0.5) is 0 Å². The number of hydrogen-bond donors (Lipinski definition) is 1. The Morgan fingerprint density at radius 1 is 1.03 bits per heavy atom. The highest BCUT2D eigenvalue weighted by Gasteiger charge is 2.26. The minimum absolute atomic E-state index is 0.0502. The molecule has 0 atom stereocenters. The number of rotatable bonds is 8. The zero-order valence-corrected chi connectivity index (χ0v) is 17.3. The number of methoxy groups -OCH3 is 1. The van der Waals surface area contributed by atoms with Gasteiger partial charge in [-0.15, -0.1) is 0 Å². The Labute approximate surface area is 171 Å². The van der Waals surface area contributed by atoms with Gasteiger partial charge < -0.3 is 14.8 Å². The summed E-state index contributed by atoms with van der Waals surface area (Å²) in [5, 5.41) is 2.87. The molecule has 0 radical (unpaired) electrons. The van der Waals surface area contributed by atoms with Crippen molar-refractivity contribution >= 4 is 15.9 Å². The average Bonchev–Trinajstić information content (AvgIpc) is 2.77. The minimum Gasteiger partial charge on any atom is -0.497 e. The zero-order valence-electron chi connectivity index (χ0n) is 16.5. The number of aryl methyl sites for hydroxylation is 1. The summed E-state index contributed by atoms with van der Waals surface area (Å²) in [6, 6.07) is 14.3. The van der Waals surface area contributed by atoms with Crippen LogP contribution >= 0.6 is 0 Å². The highest BCUT2D eigenvalue weighted by molar-refractivity contribution is 7.89. The van der Waals surface area contributed by atoms with E-state index < -0.39 is 10.0 Å². The third kappa shape index (κ3) is 5.79. The van der Waals surface area contributed by atoms with Gasteiger partial charge in [-0.1, -0.05) is 24.3 Å². The topological polar surface area (TPSA) is 84.9 Å². The van der Waals surface area contributed by atoms with Crippen LogP contribution in [0.25, 0.3) is 0 Å². The molecule has 8 heteroatoms. The van der Waals surface area contributed by atoms with Gasteiger partial charge in [-0.2, -0.15) is 4.31 Å². The van der Waals surface area contributed by atoms with Crippen LogP contribution in [0.2, 0.25) is 0 Å². The summed E-state index contributed by atoms with van der Waals surface area (Å²) in [6.45, 7) is 1.93. The van der Waals surface area contributed by atoms with Gasteiger partial charge in [-0.05, 0) is 41.8 Å². The van der Waals surface area contributed by atoms with E-state index in [0.717, 1.165) is 16.9 Å². The summed E-state index contributed by atoms with van der Waals surface area (Å²) in [5.74, 6) is 0.739. The maximum absolute atomic E-state index is 12.6. The summed E-state index contributed by atoms with van der Waals surface area (Å²) in [5.41, 5.74) is 1.92. The van der Waals surface area contributed by atoms with E-state index >= 15 is 0 Å². The van der Waals surface area contributed by atoms with Crippen LogP contribution in [-0.4, -0.2) is 52.0 Å². The molecule has 0 spiro atoms. The first kappa shape index (κ1) is 21.3. The van der Waals surface area contributed by atoms with Crippen molar-refractivity contribution in [2.45, 2.75) is 24.3 Å². The number of nitrogens with zero attached hydrogens (tertiary/aromatic N) is 1. The number of hydrogen-bond acceptors (Lipinski definition) is 5. The molecule has 0 saturated carbocycles. The van der Waals surface area contributed by atoms with Crippen molar-refractivity contribution in [3.05, 3.63) is 59.7 Å². The van der Waals surface area contributed by atoms with E-state index in [0.29, 0.717) is 45.7 Å². The molecule has 0 bridgehead atoms. The number of sulfonamides is 1. The largest absolute Gasteiger partial charge is 0.497 e. The molecule has 7 nitrogen and oxygen atoms in total. The molecule has 156 valence electrons. The molecular weight excluding hydrogens is 392 g/mol. The summed E-state index contributed by atoms with van der Waals surface area (Å²) < 4.78 is 37.0. The number of nitrogens with one attached hydrogen (secondary N) is 1. The van der Waals surface area contributed by atoms with E-state index in [1.54, 1.807) is 31.4 Å². The normalized spacial score (nSPS) is 15.1.